The summed E-state index contributed by atoms with van der Waals surface area (Å²) in [6.07, 6.45) is 5.22. The third kappa shape index (κ3) is 4.44. The number of carbonyl (C=O) groups excluding carboxylic acids is 3. The number of aromatic nitrogens is 1. The van der Waals surface area contributed by atoms with Crippen molar-refractivity contribution in [2.75, 3.05) is 26.7 Å². The van der Waals surface area contributed by atoms with Crippen LogP contribution in [0, 0.1) is 0 Å². The van der Waals surface area contributed by atoms with Crippen molar-refractivity contribution in [1.29, 1.82) is 0 Å². The number of nitrogens with zero attached hydrogens (tertiary/aromatic N) is 4. The standard InChI is InChI=1S/C27H27ClN4O4S/c1-30-10-6-23(33)32(27(30)35)15-18-14-21-25(37-18)19(5-7-29-21)20-13-17(28)11-16-12-22(36-24(16)20)26(34)31-8-3-2-4-9-31/h5,7,11,13-14,22H,2-4,6,8-10,12,15H2,1H3. The molecule has 2 aromatic heterocycles. The van der Waals surface area contributed by atoms with Crippen LogP contribution in [0.3, 0.4) is 0 Å². The number of carbonyl (C=O) groups is 3. The van der Waals surface area contributed by atoms with Crippen molar-refractivity contribution < 1.29 is 19.1 Å². The second kappa shape index (κ2) is 9.61. The van der Waals surface area contributed by atoms with E-state index in [1.807, 2.05) is 29.2 Å². The zero-order chi connectivity index (χ0) is 25.7. The van der Waals surface area contributed by atoms with Crippen molar-refractivity contribution >= 4 is 51.0 Å². The SMILES string of the molecule is CN1CCC(=O)N(Cc2cc3nccc(-c4cc(Cl)cc5c4OC(C(=O)N4CCCCC4)C5)c3s2)C1=O. The van der Waals surface area contributed by atoms with E-state index >= 15 is 0 Å². The van der Waals surface area contributed by atoms with Gasteiger partial charge >= 0.3 is 6.03 Å². The van der Waals surface area contributed by atoms with Crippen LogP contribution in [0.2, 0.25) is 5.02 Å². The first kappa shape index (κ1) is 24.2. The van der Waals surface area contributed by atoms with Gasteiger partial charge in [0.1, 0.15) is 5.75 Å². The van der Waals surface area contributed by atoms with Gasteiger partial charge in [-0.25, -0.2) is 4.79 Å². The zero-order valence-corrected chi connectivity index (χ0v) is 22.1. The molecule has 4 amide bonds. The van der Waals surface area contributed by atoms with Crippen LogP contribution in [0.4, 0.5) is 4.79 Å². The molecule has 0 spiro atoms. The molecule has 3 aliphatic heterocycles. The van der Waals surface area contributed by atoms with Gasteiger partial charge in [0.25, 0.3) is 5.91 Å². The molecule has 2 fully saturated rings. The number of thiophene rings is 1. The molecule has 10 heteroatoms. The van der Waals surface area contributed by atoms with Crippen molar-refractivity contribution in [2.45, 2.75) is 44.8 Å². The first-order valence-corrected chi connectivity index (χ1v) is 13.8. The van der Waals surface area contributed by atoms with Crippen LogP contribution in [-0.2, 0) is 22.6 Å². The second-order valence-electron chi connectivity index (χ2n) is 9.86. The minimum absolute atomic E-state index is 0.0390. The third-order valence-corrected chi connectivity index (χ3v) is 8.69. The minimum Gasteiger partial charge on any atom is -0.479 e. The first-order valence-electron chi connectivity index (χ1n) is 12.6. The maximum absolute atomic E-state index is 13.2. The molecule has 3 aliphatic rings. The largest absolute Gasteiger partial charge is 0.479 e. The number of rotatable bonds is 4. The maximum Gasteiger partial charge on any atom is 0.326 e. The van der Waals surface area contributed by atoms with E-state index in [-0.39, 0.29) is 24.4 Å². The predicted molar refractivity (Wildman–Crippen MR) is 142 cm³/mol. The topological polar surface area (TPSA) is 83.1 Å². The van der Waals surface area contributed by atoms with Gasteiger partial charge in [-0.05, 0) is 43.5 Å². The van der Waals surface area contributed by atoms with E-state index in [0.717, 1.165) is 64.1 Å². The lowest BCUT2D eigenvalue weighted by atomic mass is 10.0. The van der Waals surface area contributed by atoms with E-state index in [0.29, 0.717) is 30.2 Å². The van der Waals surface area contributed by atoms with Crippen LogP contribution in [-0.4, -0.2) is 70.3 Å². The van der Waals surface area contributed by atoms with E-state index in [2.05, 4.69) is 4.98 Å². The van der Waals surface area contributed by atoms with Gasteiger partial charge in [0.2, 0.25) is 5.91 Å². The number of hydrogen-bond acceptors (Lipinski definition) is 6. The molecule has 0 aliphatic carbocycles. The molecule has 5 heterocycles. The van der Waals surface area contributed by atoms with Crippen LogP contribution in [0.15, 0.2) is 30.5 Å². The molecular weight excluding hydrogens is 512 g/mol. The highest BCUT2D eigenvalue weighted by atomic mass is 35.5. The number of halogens is 1. The number of ether oxygens (including phenoxy) is 1. The summed E-state index contributed by atoms with van der Waals surface area (Å²) in [6, 6.07) is 7.31. The molecular formula is C27H27ClN4O4S. The number of fused-ring (bicyclic) bond motifs is 2. The van der Waals surface area contributed by atoms with E-state index in [1.54, 1.807) is 18.1 Å². The Bertz CT molecular complexity index is 1420. The predicted octanol–water partition coefficient (Wildman–Crippen LogP) is 4.72. The number of imide groups is 1. The number of piperidine rings is 1. The summed E-state index contributed by atoms with van der Waals surface area (Å²) in [5.74, 6) is 0.557. The average Bonchev–Trinajstić information content (AvgIpc) is 3.52. The Morgan fingerprint density at radius 2 is 1.95 bits per heavy atom. The summed E-state index contributed by atoms with van der Waals surface area (Å²) >= 11 is 8.03. The van der Waals surface area contributed by atoms with Gasteiger partial charge in [-0.2, -0.15) is 0 Å². The molecule has 2 saturated heterocycles. The van der Waals surface area contributed by atoms with E-state index in [4.69, 9.17) is 16.3 Å². The number of pyridine rings is 1. The number of benzene rings is 1. The number of hydrogen-bond donors (Lipinski definition) is 0. The maximum atomic E-state index is 13.2. The van der Waals surface area contributed by atoms with E-state index < -0.39 is 6.10 Å². The van der Waals surface area contributed by atoms with E-state index in [1.165, 1.54) is 16.2 Å². The van der Waals surface area contributed by atoms with E-state index in [9.17, 15) is 14.4 Å². The zero-order valence-electron chi connectivity index (χ0n) is 20.5. The third-order valence-electron chi connectivity index (χ3n) is 7.33. The smallest absolute Gasteiger partial charge is 0.326 e. The molecule has 8 nitrogen and oxygen atoms in total. The van der Waals surface area contributed by atoms with Crippen molar-refractivity contribution in [3.63, 3.8) is 0 Å². The summed E-state index contributed by atoms with van der Waals surface area (Å²) < 4.78 is 7.23. The molecule has 37 heavy (non-hydrogen) atoms. The Balaban J connectivity index is 1.33. The van der Waals surface area contributed by atoms with Gasteiger partial charge in [0.05, 0.1) is 16.8 Å². The second-order valence-corrected chi connectivity index (χ2v) is 11.4. The highest BCUT2D eigenvalue weighted by molar-refractivity contribution is 7.19. The fourth-order valence-corrected chi connectivity index (χ4v) is 6.75. The lowest BCUT2D eigenvalue weighted by Gasteiger charge is -2.31. The lowest BCUT2D eigenvalue weighted by Crippen LogP contribution is -2.49. The molecule has 1 aromatic carbocycles. The molecule has 6 rings (SSSR count). The molecule has 1 atom stereocenters. The highest BCUT2D eigenvalue weighted by Crippen LogP contribution is 2.45. The molecule has 0 radical (unpaired) electrons. The summed E-state index contributed by atoms with van der Waals surface area (Å²) in [5.41, 5.74) is 3.42. The van der Waals surface area contributed by atoms with Crippen LogP contribution < -0.4 is 4.74 Å². The Hall–Kier alpha value is -3.17. The summed E-state index contributed by atoms with van der Waals surface area (Å²) in [5, 5.41) is 0.581. The minimum atomic E-state index is -0.547. The fraction of sp³-hybridized carbons (Fsp3) is 0.407. The van der Waals surface area contributed by atoms with Crippen LogP contribution in [0.25, 0.3) is 21.3 Å². The number of likely N-dealkylation sites (tertiary alicyclic amines) is 1. The van der Waals surface area contributed by atoms with Crippen molar-refractivity contribution in [2.24, 2.45) is 0 Å². The Kier molecular flexibility index (Phi) is 6.28. The molecule has 1 unspecified atom stereocenters. The molecule has 3 aromatic rings. The first-order chi connectivity index (χ1) is 17.9. The van der Waals surface area contributed by atoms with Crippen LogP contribution in [0.5, 0.6) is 5.75 Å². The van der Waals surface area contributed by atoms with Crippen LogP contribution >= 0.6 is 22.9 Å². The lowest BCUT2D eigenvalue weighted by molar-refractivity contribution is -0.138. The van der Waals surface area contributed by atoms with Gasteiger partial charge in [-0.1, -0.05) is 11.6 Å². The Morgan fingerprint density at radius 1 is 1.14 bits per heavy atom. The Labute approximate surface area is 223 Å². The van der Waals surface area contributed by atoms with Gasteiger partial charge in [0.15, 0.2) is 6.10 Å². The number of amides is 4. The van der Waals surface area contributed by atoms with Gasteiger partial charge < -0.3 is 14.5 Å². The molecule has 0 saturated carbocycles. The molecule has 0 N–H and O–H groups in total. The van der Waals surface area contributed by atoms with Crippen molar-refractivity contribution in [3.8, 4) is 16.9 Å². The summed E-state index contributed by atoms with van der Waals surface area (Å²) in [7, 11) is 1.70. The quantitative estimate of drug-likeness (QED) is 0.480. The summed E-state index contributed by atoms with van der Waals surface area (Å²) in [6.45, 7) is 2.21. The molecule has 0 bridgehead atoms. The normalized spacial score (nSPS) is 19.9. The van der Waals surface area contributed by atoms with Gasteiger partial charge in [0, 0.05) is 72.3 Å². The van der Waals surface area contributed by atoms with Crippen molar-refractivity contribution in [1.82, 2.24) is 19.7 Å². The van der Waals surface area contributed by atoms with Gasteiger partial charge in [-0.3, -0.25) is 19.5 Å². The fourth-order valence-electron chi connectivity index (χ4n) is 5.38. The average molecular weight is 539 g/mol. The Morgan fingerprint density at radius 3 is 2.76 bits per heavy atom. The van der Waals surface area contributed by atoms with Gasteiger partial charge in [-0.15, -0.1) is 11.3 Å². The molecule has 192 valence electrons. The highest BCUT2D eigenvalue weighted by Gasteiger charge is 2.35. The van der Waals surface area contributed by atoms with Crippen molar-refractivity contribution in [3.05, 3.63) is 45.9 Å². The number of urea groups is 1. The summed E-state index contributed by atoms with van der Waals surface area (Å²) in [4.78, 5) is 48.3. The van der Waals surface area contributed by atoms with Crippen LogP contribution in [0.1, 0.15) is 36.1 Å². The monoisotopic (exact) mass is 538 g/mol.